The van der Waals surface area contributed by atoms with Crippen LogP contribution in [-0.4, -0.2) is 37.4 Å². The van der Waals surface area contributed by atoms with Crippen LogP contribution in [0.2, 0.25) is 0 Å². The Labute approximate surface area is 135 Å². The van der Waals surface area contributed by atoms with E-state index in [0.29, 0.717) is 5.92 Å². The number of hydrogen-bond acceptors (Lipinski definition) is 4. The highest BCUT2D eigenvalue weighted by Gasteiger charge is 2.43. The van der Waals surface area contributed by atoms with Crippen LogP contribution in [0, 0.1) is 5.92 Å². The number of piperazine rings is 1. The van der Waals surface area contributed by atoms with Crippen molar-refractivity contribution in [3.63, 3.8) is 0 Å². The molecule has 6 heteroatoms. The molecule has 1 saturated heterocycles. The highest BCUT2D eigenvalue weighted by molar-refractivity contribution is 5.46. The van der Waals surface area contributed by atoms with E-state index in [1.54, 1.807) is 12.1 Å². The molecule has 1 fully saturated rings. The zero-order valence-corrected chi connectivity index (χ0v) is 13.6. The number of ether oxygens (including phenoxy) is 2. The zero-order chi connectivity index (χ0) is 16.4. The minimum Gasteiger partial charge on any atom is -0.395 e. The largest absolute Gasteiger partial charge is 0.586 e. The van der Waals surface area contributed by atoms with Gasteiger partial charge in [0.2, 0.25) is 0 Å². The van der Waals surface area contributed by atoms with Gasteiger partial charge in [-0.15, -0.1) is 8.78 Å². The quantitative estimate of drug-likeness (QED) is 0.899. The molecule has 3 rings (SSSR count). The van der Waals surface area contributed by atoms with Gasteiger partial charge < -0.3 is 14.8 Å². The average Bonchev–Trinajstić information content (AvgIpc) is 2.82. The third-order valence-electron chi connectivity index (χ3n) is 4.59. The smallest absolute Gasteiger partial charge is 0.395 e. The maximum Gasteiger partial charge on any atom is 0.586 e. The molecule has 2 aliphatic rings. The van der Waals surface area contributed by atoms with Gasteiger partial charge in [-0.05, 0) is 30.0 Å². The van der Waals surface area contributed by atoms with Gasteiger partial charge in [0.25, 0.3) is 0 Å². The van der Waals surface area contributed by atoms with Crippen LogP contribution in [0.25, 0.3) is 0 Å². The lowest BCUT2D eigenvalue weighted by atomic mass is 9.89. The van der Waals surface area contributed by atoms with Gasteiger partial charge in [-0.1, -0.05) is 26.3 Å². The number of rotatable bonds is 5. The van der Waals surface area contributed by atoms with Crippen LogP contribution < -0.4 is 14.8 Å². The van der Waals surface area contributed by atoms with Gasteiger partial charge in [-0.2, -0.15) is 0 Å². The van der Waals surface area contributed by atoms with E-state index >= 15 is 0 Å². The molecule has 4 nitrogen and oxygen atoms in total. The molecule has 0 saturated carbocycles. The van der Waals surface area contributed by atoms with Crippen molar-refractivity contribution in [3.05, 3.63) is 23.8 Å². The summed E-state index contributed by atoms with van der Waals surface area (Å²) in [7, 11) is 0. The minimum atomic E-state index is -3.56. The van der Waals surface area contributed by atoms with Crippen molar-refractivity contribution < 1.29 is 18.3 Å². The van der Waals surface area contributed by atoms with Crippen molar-refractivity contribution in [3.8, 4) is 11.5 Å². The summed E-state index contributed by atoms with van der Waals surface area (Å²) < 4.78 is 35.6. The minimum absolute atomic E-state index is 0.112. The molecule has 1 N–H and O–H groups in total. The predicted octanol–water partition coefficient (Wildman–Crippen LogP) is 3.39. The second kappa shape index (κ2) is 6.61. The highest BCUT2D eigenvalue weighted by atomic mass is 19.3. The number of alkyl halides is 2. The fraction of sp³-hybridized carbons (Fsp3) is 0.647. The first-order valence-electron chi connectivity index (χ1n) is 8.34. The Morgan fingerprint density at radius 1 is 1.22 bits per heavy atom. The van der Waals surface area contributed by atoms with E-state index in [0.717, 1.165) is 44.6 Å². The maximum atomic E-state index is 13.2. The first-order chi connectivity index (χ1) is 11.0. The number of nitrogens with zero attached hydrogens (tertiary/aromatic N) is 1. The molecule has 2 heterocycles. The van der Waals surface area contributed by atoms with Gasteiger partial charge >= 0.3 is 6.29 Å². The Morgan fingerprint density at radius 3 is 2.61 bits per heavy atom. The second-order valence-corrected chi connectivity index (χ2v) is 6.37. The van der Waals surface area contributed by atoms with Gasteiger partial charge in [-0.3, -0.25) is 4.90 Å². The summed E-state index contributed by atoms with van der Waals surface area (Å²) in [4.78, 5) is 2.44. The van der Waals surface area contributed by atoms with Crippen molar-refractivity contribution in [1.29, 1.82) is 0 Å². The van der Waals surface area contributed by atoms with Crippen molar-refractivity contribution in [2.24, 2.45) is 5.92 Å². The molecule has 0 amide bonds. The summed E-state index contributed by atoms with van der Waals surface area (Å²) >= 11 is 0. The first-order valence-corrected chi connectivity index (χ1v) is 8.34. The average molecular weight is 326 g/mol. The zero-order valence-electron chi connectivity index (χ0n) is 13.6. The van der Waals surface area contributed by atoms with Gasteiger partial charge in [0.15, 0.2) is 11.5 Å². The van der Waals surface area contributed by atoms with E-state index in [2.05, 4.69) is 33.5 Å². The molecule has 128 valence electrons. The molecule has 1 unspecified atom stereocenters. The first kappa shape index (κ1) is 16.5. The molecule has 23 heavy (non-hydrogen) atoms. The van der Waals surface area contributed by atoms with E-state index in [1.807, 2.05) is 6.07 Å². The molecule has 0 bridgehead atoms. The van der Waals surface area contributed by atoms with Crippen molar-refractivity contribution in [2.45, 2.75) is 39.0 Å². The van der Waals surface area contributed by atoms with Crippen LogP contribution in [0.3, 0.4) is 0 Å². The molecule has 0 aliphatic carbocycles. The fourth-order valence-electron chi connectivity index (χ4n) is 3.62. The Morgan fingerprint density at radius 2 is 1.91 bits per heavy atom. The Hall–Kier alpha value is -1.40. The third kappa shape index (κ3) is 3.58. The standard InChI is InChI=1S/C17H24F2N2O2/c1-3-4-12(2)16(21-9-7-20-8-10-21)13-5-6-14-15(11-13)23-17(18,19)22-14/h5-6,11-12,16,20H,3-4,7-10H2,1-2H3/t12?,16-/m1/s1. The van der Waals surface area contributed by atoms with Gasteiger partial charge in [0, 0.05) is 32.2 Å². The molecule has 2 aliphatic heterocycles. The highest BCUT2D eigenvalue weighted by Crippen LogP contribution is 2.43. The topological polar surface area (TPSA) is 33.7 Å². The van der Waals surface area contributed by atoms with E-state index in [-0.39, 0.29) is 17.5 Å². The molecular formula is C17H24F2N2O2. The molecular weight excluding hydrogens is 302 g/mol. The Kier molecular flexibility index (Phi) is 4.73. The van der Waals surface area contributed by atoms with Crippen LogP contribution in [0.15, 0.2) is 18.2 Å². The molecule has 1 aromatic carbocycles. The predicted molar refractivity (Wildman–Crippen MR) is 83.9 cm³/mol. The molecule has 0 aromatic heterocycles. The monoisotopic (exact) mass is 326 g/mol. The summed E-state index contributed by atoms with van der Waals surface area (Å²) in [5.41, 5.74) is 1.02. The third-order valence-corrected chi connectivity index (χ3v) is 4.59. The maximum absolute atomic E-state index is 13.2. The van der Waals surface area contributed by atoms with Crippen molar-refractivity contribution >= 4 is 0 Å². The normalized spacial score (nSPS) is 22.8. The Balaban J connectivity index is 1.87. The van der Waals surface area contributed by atoms with Crippen LogP contribution in [0.1, 0.15) is 38.3 Å². The summed E-state index contributed by atoms with van der Waals surface area (Å²) in [5.74, 6) is 0.691. The fourth-order valence-corrected chi connectivity index (χ4v) is 3.62. The summed E-state index contributed by atoms with van der Waals surface area (Å²) in [6, 6.07) is 5.41. The van der Waals surface area contributed by atoms with E-state index in [1.165, 1.54) is 0 Å². The summed E-state index contributed by atoms with van der Waals surface area (Å²) in [5, 5.41) is 3.36. The lowest BCUT2D eigenvalue weighted by molar-refractivity contribution is -0.286. The lowest BCUT2D eigenvalue weighted by Crippen LogP contribution is -2.46. The number of hydrogen-bond donors (Lipinski definition) is 1. The number of benzene rings is 1. The summed E-state index contributed by atoms with van der Waals surface area (Å²) in [6.07, 6.45) is -1.36. The van der Waals surface area contributed by atoms with Crippen LogP contribution in [0.4, 0.5) is 8.78 Å². The number of halogens is 2. The number of nitrogens with one attached hydrogen (secondary N) is 1. The van der Waals surface area contributed by atoms with Crippen molar-refractivity contribution in [2.75, 3.05) is 26.2 Å². The lowest BCUT2D eigenvalue weighted by Gasteiger charge is -2.38. The van der Waals surface area contributed by atoms with Crippen LogP contribution >= 0.6 is 0 Å². The SMILES string of the molecule is CCCC(C)[C@H](c1ccc2c(c1)OC(F)(F)O2)N1CCNCC1. The van der Waals surface area contributed by atoms with Gasteiger partial charge in [0.1, 0.15) is 0 Å². The van der Waals surface area contributed by atoms with E-state index in [4.69, 9.17) is 0 Å². The molecule has 0 spiro atoms. The molecule has 2 atom stereocenters. The van der Waals surface area contributed by atoms with E-state index < -0.39 is 6.29 Å². The van der Waals surface area contributed by atoms with Gasteiger partial charge in [0.05, 0.1) is 0 Å². The second-order valence-electron chi connectivity index (χ2n) is 6.37. The Bertz CT molecular complexity index is 547. The summed E-state index contributed by atoms with van der Waals surface area (Å²) in [6.45, 7) is 8.24. The molecule has 0 radical (unpaired) electrons. The van der Waals surface area contributed by atoms with Crippen molar-refractivity contribution in [1.82, 2.24) is 10.2 Å². The van der Waals surface area contributed by atoms with Crippen LogP contribution in [-0.2, 0) is 0 Å². The number of fused-ring (bicyclic) bond motifs is 1. The molecule has 1 aromatic rings. The van der Waals surface area contributed by atoms with E-state index in [9.17, 15) is 8.78 Å². The van der Waals surface area contributed by atoms with Crippen LogP contribution in [0.5, 0.6) is 11.5 Å². The van der Waals surface area contributed by atoms with Gasteiger partial charge in [-0.25, -0.2) is 0 Å².